The SMILES string of the molecule is COC(=O)C1=C(c2ccc(F)cc2F)C[C@@H]2CC[C@H]1N2C(=O)NCC1CC1. The van der Waals surface area contributed by atoms with Gasteiger partial charge >= 0.3 is 12.0 Å². The van der Waals surface area contributed by atoms with Gasteiger partial charge in [-0.1, -0.05) is 0 Å². The monoisotopic (exact) mass is 376 g/mol. The summed E-state index contributed by atoms with van der Waals surface area (Å²) < 4.78 is 32.7. The normalized spacial score (nSPS) is 24.2. The molecule has 1 aromatic carbocycles. The van der Waals surface area contributed by atoms with Gasteiger partial charge in [-0.15, -0.1) is 0 Å². The number of urea groups is 1. The standard InChI is InChI=1S/C20H22F2N2O3/c1-27-19(25)18-15(14-6-4-12(21)8-16(14)22)9-13-5-7-17(18)24(13)20(26)23-10-11-2-3-11/h4,6,8,11,13,17H,2-3,5,7,9-10H2,1H3,(H,23,26)/t13-,17+/m0/s1. The fourth-order valence-corrected chi connectivity index (χ4v) is 4.22. The Labute approximate surface area is 156 Å². The predicted molar refractivity (Wildman–Crippen MR) is 94.7 cm³/mol. The Bertz CT molecular complexity index is 819. The molecular formula is C20H22F2N2O3. The molecule has 0 aromatic heterocycles. The third-order valence-corrected chi connectivity index (χ3v) is 5.74. The Balaban J connectivity index is 1.70. The summed E-state index contributed by atoms with van der Waals surface area (Å²) in [6.45, 7) is 0.644. The summed E-state index contributed by atoms with van der Waals surface area (Å²) in [5.41, 5.74) is 1.02. The fraction of sp³-hybridized carbons (Fsp3) is 0.500. The second kappa shape index (κ2) is 6.94. The van der Waals surface area contributed by atoms with Crippen LogP contribution in [0.4, 0.5) is 13.6 Å². The lowest BCUT2D eigenvalue weighted by Crippen LogP contribution is -2.51. The number of carbonyl (C=O) groups is 2. The number of methoxy groups -OCH3 is 1. The third kappa shape index (κ3) is 3.31. The first-order valence-electron chi connectivity index (χ1n) is 9.32. The molecule has 144 valence electrons. The van der Waals surface area contributed by atoms with Gasteiger partial charge < -0.3 is 15.0 Å². The van der Waals surface area contributed by atoms with Gasteiger partial charge in [0.2, 0.25) is 0 Å². The molecule has 2 atom stereocenters. The maximum atomic E-state index is 14.4. The number of benzene rings is 1. The van der Waals surface area contributed by atoms with Crippen molar-refractivity contribution in [2.75, 3.05) is 13.7 Å². The summed E-state index contributed by atoms with van der Waals surface area (Å²) in [4.78, 5) is 27.0. The van der Waals surface area contributed by atoms with Crippen molar-refractivity contribution >= 4 is 17.6 Å². The quantitative estimate of drug-likeness (QED) is 0.821. The number of rotatable bonds is 4. The maximum absolute atomic E-state index is 14.4. The smallest absolute Gasteiger partial charge is 0.336 e. The van der Waals surface area contributed by atoms with Gasteiger partial charge in [0, 0.05) is 24.2 Å². The number of halogens is 2. The van der Waals surface area contributed by atoms with E-state index in [9.17, 15) is 18.4 Å². The highest BCUT2D eigenvalue weighted by Crippen LogP contribution is 2.44. The van der Waals surface area contributed by atoms with Crippen LogP contribution in [0.25, 0.3) is 5.57 Å². The van der Waals surface area contributed by atoms with E-state index in [1.807, 2.05) is 0 Å². The van der Waals surface area contributed by atoms with E-state index in [2.05, 4.69) is 5.32 Å². The number of nitrogens with zero attached hydrogens (tertiary/aromatic N) is 1. The Hall–Kier alpha value is -2.44. The highest BCUT2D eigenvalue weighted by Gasteiger charge is 2.47. The summed E-state index contributed by atoms with van der Waals surface area (Å²) in [6, 6.07) is 2.60. The minimum absolute atomic E-state index is 0.109. The van der Waals surface area contributed by atoms with Crippen LogP contribution in [0.15, 0.2) is 23.8 Å². The van der Waals surface area contributed by atoms with Gasteiger partial charge in [0.05, 0.1) is 18.7 Å². The van der Waals surface area contributed by atoms with Crippen LogP contribution in [0.1, 0.15) is 37.7 Å². The molecule has 0 spiro atoms. The molecule has 1 aromatic rings. The van der Waals surface area contributed by atoms with Crippen molar-refractivity contribution in [2.45, 2.75) is 44.2 Å². The van der Waals surface area contributed by atoms with Gasteiger partial charge in [-0.05, 0) is 55.7 Å². The van der Waals surface area contributed by atoms with Crippen LogP contribution in [0, 0.1) is 17.6 Å². The molecule has 2 bridgehead atoms. The zero-order valence-electron chi connectivity index (χ0n) is 15.1. The summed E-state index contributed by atoms with van der Waals surface area (Å²) in [6.07, 6.45) is 3.97. The van der Waals surface area contributed by atoms with Crippen LogP contribution in [0.5, 0.6) is 0 Å². The molecule has 2 heterocycles. The number of hydrogen-bond acceptors (Lipinski definition) is 3. The van der Waals surface area contributed by atoms with Crippen molar-refractivity contribution in [2.24, 2.45) is 5.92 Å². The maximum Gasteiger partial charge on any atom is 0.336 e. The lowest BCUT2D eigenvalue weighted by atomic mass is 9.88. The lowest BCUT2D eigenvalue weighted by Gasteiger charge is -2.37. The first-order valence-corrected chi connectivity index (χ1v) is 9.32. The van der Waals surface area contributed by atoms with Gasteiger partial charge in [-0.2, -0.15) is 0 Å². The third-order valence-electron chi connectivity index (χ3n) is 5.74. The molecule has 1 saturated carbocycles. The van der Waals surface area contributed by atoms with Crippen LogP contribution in [-0.2, 0) is 9.53 Å². The average Bonchev–Trinajstić information content (AvgIpc) is 3.42. The molecule has 27 heavy (non-hydrogen) atoms. The highest BCUT2D eigenvalue weighted by molar-refractivity contribution is 6.01. The average molecular weight is 376 g/mol. The number of carbonyl (C=O) groups excluding carboxylic acids is 2. The van der Waals surface area contributed by atoms with Crippen molar-refractivity contribution < 1.29 is 23.1 Å². The van der Waals surface area contributed by atoms with Crippen molar-refractivity contribution in [1.29, 1.82) is 0 Å². The van der Waals surface area contributed by atoms with E-state index in [1.54, 1.807) is 4.90 Å². The zero-order chi connectivity index (χ0) is 19.1. The molecule has 1 N–H and O–H groups in total. The van der Waals surface area contributed by atoms with Crippen LogP contribution in [-0.4, -0.2) is 42.6 Å². The van der Waals surface area contributed by atoms with E-state index >= 15 is 0 Å². The van der Waals surface area contributed by atoms with Gasteiger partial charge in [0.15, 0.2) is 0 Å². The molecule has 1 aliphatic carbocycles. The molecule has 2 amide bonds. The molecule has 7 heteroatoms. The Kier molecular flexibility index (Phi) is 4.61. The van der Waals surface area contributed by atoms with Crippen LogP contribution in [0.3, 0.4) is 0 Å². The van der Waals surface area contributed by atoms with Crippen molar-refractivity contribution in [1.82, 2.24) is 10.2 Å². The Morgan fingerprint density at radius 3 is 2.67 bits per heavy atom. The fourth-order valence-electron chi connectivity index (χ4n) is 4.22. The molecule has 2 aliphatic heterocycles. The predicted octanol–water partition coefficient (Wildman–Crippen LogP) is 3.25. The largest absolute Gasteiger partial charge is 0.466 e. The van der Waals surface area contributed by atoms with Crippen LogP contribution < -0.4 is 5.32 Å². The number of ether oxygens (including phenoxy) is 1. The molecule has 4 rings (SSSR count). The lowest BCUT2D eigenvalue weighted by molar-refractivity contribution is -0.136. The van der Waals surface area contributed by atoms with E-state index in [0.717, 1.165) is 25.3 Å². The van der Waals surface area contributed by atoms with E-state index < -0.39 is 23.6 Å². The second-order valence-corrected chi connectivity index (χ2v) is 7.50. The second-order valence-electron chi connectivity index (χ2n) is 7.50. The summed E-state index contributed by atoms with van der Waals surface area (Å²) in [5, 5.41) is 2.95. The first-order chi connectivity index (χ1) is 13.0. The van der Waals surface area contributed by atoms with Gasteiger partial charge in [-0.25, -0.2) is 18.4 Å². The molecule has 0 radical (unpaired) electrons. The van der Waals surface area contributed by atoms with E-state index in [0.29, 0.717) is 36.5 Å². The van der Waals surface area contributed by atoms with Crippen molar-refractivity contribution in [3.8, 4) is 0 Å². The topological polar surface area (TPSA) is 58.6 Å². The molecule has 3 aliphatic rings. The number of nitrogens with one attached hydrogen (secondary N) is 1. The van der Waals surface area contributed by atoms with E-state index in [4.69, 9.17) is 4.74 Å². The van der Waals surface area contributed by atoms with Gasteiger partial charge in [0.1, 0.15) is 11.6 Å². The van der Waals surface area contributed by atoms with Gasteiger partial charge in [-0.3, -0.25) is 0 Å². The summed E-state index contributed by atoms with van der Waals surface area (Å²) in [5.74, 6) is -1.40. The van der Waals surface area contributed by atoms with E-state index in [1.165, 1.54) is 19.2 Å². The number of fused-ring (bicyclic) bond motifs is 2. The minimum atomic E-state index is -0.711. The summed E-state index contributed by atoms with van der Waals surface area (Å²) in [7, 11) is 1.27. The molecule has 1 saturated heterocycles. The van der Waals surface area contributed by atoms with Gasteiger partial charge in [0.25, 0.3) is 0 Å². The first kappa shape index (κ1) is 17.9. The number of hydrogen-bond donors (Lipinski definition) is 1. The number of esters is 1. The van der Waals surface area contributed by atoms with Crippen LogP contribution in [0.2, 0.25) is 0 Å². The molecular weight excluding hydrogens is 354 g/mol. The van der Waals surface area contributed by atoms with Crippen molar-refractivity contribution in [3.63, 3.8) is 0 Å². The molecule has 5 nitrogen and oxygen atoms in total. The minimum Gasteiger partial charge on any atom is -0.466 e. The molecule has 2 fully saturated rings. The van der Waals surface area contributed by atoms with Crippen molar-refractivity contribution in [3.05, 3.63) is 41.0 Å². The highest BCUT2D eigenvalue weighted by atomic mass is 19.1. The van der Waals surface area contributed by atoms with E-state index in [-0.39, 0.29) is 17.6 Å². The Morgan fingerprint density at radius 1 is 1.22 bits per heavy atom. The summed E-state index contributed by atoms with van der Waals surface area (Å²) >= 11 is 0. The molecule has 0 unspecified atom stereocenters. The zero-order valence-corrected chi connectivity index (χ0v) is 15.1. The number of amides is 2. The Morgan fingerprint density at radius 2 is 2.00 bits per heavy atom. The van der Waals surface area contributed by atoms with Crippen LogP contribution >= 0.6 is 0 Å².